The third kappa shape index (κ3) is 3.62. The maximum Gasteiger partial charge on any atom is 0.0964 e. The predicted octanol–water partition coefficient (Wildman–Crippen LogP) is 0.897. The van der Waals surface area contributed by atoms with Crippen LogP contribution >= 0.6 is 11.3 Å². The Labute approximate surface area is 105 Å². The van der Waals surface area contributed by atoms with E-state index < -0.39 is 0 Å². The molecule has 92 valence electrons. The van der Waals surface area contributed by atoms with E-state index >= 15 is 0 Å². The highest BCUT2D eigenvalue weighted by Crippen LogP contribution is 2.14. The largest absolute Gasteiger partial charge is 0.329 e. The van der Waals surface area contributed by atoms with Gasteiger partial charge in [-0.25, -0.2) is 0 Å². The first kappa shape index (κ1) is 12.2. The molecule has 0 aliphatic heterocycles. The maximum absolute atomic E-state index is 5.45. The molecule has 0 fully saturated rings. The van der Waals surface area contributed by atoms with Gasteiger partial charge < -0.3 is 11.1 Å². The number of hydrogen-bond acceptors (Lipinski definition) is 5. The number of aromatic nitrogens is 3. The van der Waals surface area contributed by atoms with Crippen LogP contribution in [-0.2, 0) is 19.6 Å². The summed E-state index contributed by atoms with van der Waals surface area (Å²) in [5.41, 5.74) is 6.40. The third-order valence-electron chi connectivity index (χ3n) is 2.35. The zero-order valence-electron chi connectivity index (χ0n) is 9.89. The lowest BCUT2D eigenvalue weighted by atomic mass is 10.4. The number of nitrogens with zero attached hydrogens (tertiary/aromatic N) is 3. The number of thiophene rings is 1. The molecule has 17 heavy (non-hydrogen) atoms. The van der Waals surface area contributed by atoms with Gasteiger partial charge in [0.05, 0.1) is 12.2 Å². The summed E-state index contributed by atoms with van der Waals surface area (Å²) < 4.78 is 1.77. The zero-order valence-corrected chi connectivity index (χ0v) is 10.7. The van der Waals surface area contributed by atoms with Crippen LogP contribution in [0.3, 0.4) is 0 Å². The van der Waals surface area contributed by atoms with Gasteiger partial charge in [-0.15, -0.1) is 16.4 Å². The van der Waals surface area contributed by atoms with Crippen molar-refractivity contribution in [3.8, 4) is 0 Å². The van der Waals surface area contributed by atoms with Gasteiger partial charge >= 0.3 is 0 Å². The fourth-order valence-electron chi connectivity index (χ4n) is 1.55. The number of aryl methyl sites for hydroxylation is 1. The van der Waals surface area contributed by atoms with Crippen LogP contribution in [0.4, 0.5) is 0 Å². The Kier molecular flexibility index (Phi) is 4.24. The van der Waals surface area contributed by atoms with E-state index in [-0.39, 0.29) is 0 Å². The van der Waals surface area contributed by atoms with Gasteiger partial charge in [0, 0.05) is 35.6 Å². The van der Waals surface area contributed by atoms with Crippen molar-refractivity contribution < 1.29 is 0 Å². The Morgan fingerprint density at radius 2 is 2.29 bits per heavy atom. The molecule has 0 aromatic carbocycles. The van der Waals surface area contributed by atoms with Crippen LogP contribution in [-0.4, -0.2) is 21.5 Å². The van der Waals surface area contributed by atoms with E-state index in [4.69, 9.17) is 5.73 Å². The first-order valence-electron chi connectivity index (χ1n) is 5.63. The minimum absolute atomic E-state index is 0.588. The first-order chi connectivity index (χ1) is 8.28. The van der Waals surface area contributed by atoms with Crippen molar-refractivity contribution in [3.63, 3.8) is 0 Å². The summed E-state index contributed by atoms with van der Waals surface area (Å²) in [6.07, 6.45) is 1.93. The molecule has 0 aliphatic rings. The Balaban J connectivity index is 1.77. The van der Waals surface area contributed by atoms with Crippen LogP contribution in [0.5, 0.6) is 0 Å². The van der Waals surface area contributed by atoms with Gasteiger partial charge in [0.2, 0.25) is 0 Å². The average molecular weight is 251 g/mol. The van der Waals surface area contributed by atoms with E-state index in [1.54, 1.807) is 4.68 Å². The molecule has 0 aliphatic carbocycles. The van der Waals surface area contributed by atoms with Crippen molar-refractivity contribution >= 4 is 11.3 Å². The minimum Gasteiger partial charge on any atom is -0.329 e. The maximum atomic E-state index is 5.45. The summed E-state index contributed by atoms with van der Waals surface area (Å²) in [6, 6.07) is 4.29. The lowest BCUT2D eigenvalue weighted by Crippen LogP contribution is -2.12. The zero-order chi connectivity index (χ0) is 12.1. The molecule has 3 N–H and O–H groups in total. The standard InChI is InChI=1S/C11H17N5S/c1-9-2-3-11(17-9)7-13-6-10-8-16(5-4-12)15-14-10/h2-3,8,13H,4-7,12H2,1H3. The number of nitrogens with two attached hydrogens (primary N) is 1. The molecule has 2 rings (SSSR count). The Hall–Kier alpha value is -1.24. The summed E-state index contributed by atoms with van der Waals surface area (Å²) in [4.78, 5) is 2.69. The van der Waals surface area contributed by atoms with E-state index in [0.717, 1.165) is 25.3 Å². The first-order valence-corrected chi connectivity index (χ1v) is 6.44. The van der Waals surface area contributed by atoms with Crippen molar-refractivity contribution in [2.75, 3.05) is 6.54 Å². The molecule has 0 spiro atoms. The Bertz CT molecular complexity index is 462. The second-order valence-electron chi connectivity index (χ2n) is 3.88. The van der Waals surface area contributed by atoms with Crippen LogP contribution in [0.1, 0.15) is 15.4 Å². The molecular weight excluding hydrogens is 234 g/mol. The predicted molar refractivity (Wildman–Crippen MR) is 68.7 cm³/mol. The highest BCUT2D eigenvalue weighted by molar-refractivity contribution is 7.11. The van der Waals surface area contributed by atoms with Crippen LogP contribution < -0.4 is 11.1 Å². The van der Waals surface area contributed by atoms with Crippen LogP contribution in [0.2, 0.25) is 0 Å². The SMILES string of the molecule is Cc1ccc(CNCc2cn(CCN)nn2)s1. The number of hydrogen-bond donors (Lipinski definition) is 2. The smallest absolute Gasteiger partial charge is 0.0964 e. The molecule has 0 saturated heterocycles. The minimum atomic E-state index is 0.588. The van der Waals surface area contributed by atoms with E-state index in [9.17, 15) is 0 Å². The topological polar surface area (TPSA) is 68.8 Å². The molecule has 0 bridgehead atoms. The molecular formula is C11H17N5S. The highest BCUT2D eigenvalue weighted by Gasteiger charge is 2.00. The highest BCUT2D eigenvalue weighted by atomic mass is 32.1. The Morgan fingerprint density at radius 3 is 3.00 bits per heavy atom. The monoisotopic (exact) mass is 251 g/mol. The van der Waals surface area contributed by atoms with Gasteiger partial charge in [0.1, 0.15) is 0 Å². The molecule has 0 saturated carbocycles. The summed E-state index contributed by atoms with van der Waals surface area (Å²) in [7, 11) is 0. The van der Waals surface area contributed by atoms with Crippen molar-refractivity contribution in [3.05, 3.63) is 33.8 Å². The lowest BCUT2D eigenvalue weighted by molar-refractivity contribution is 0.598. The normalized spacial score (nSPS) is 10.9. The van der Waals surface area contributed by atoms with Crippen LogP contribution in [0.25, 0.3) is 0 Å². The van der Waals surface area contributed by atoms with Gasteiger partial charge in [0.25, 0.3) is 0 Å². The third-order valence-corrected chi connectivity index (χ3v) is 3.35. The molecule has 2 aromatic heterocycles. The van der Waals surface area contributed by atoms with Gasteiger partial charge in [-0.05, 0) is 19.1 Å². The van der Waals surface area contributed by atoms with Crippen LogP contribution in [0, 0.1) is 6.92 Å². The number of rotatable bonds is 6. The fraction of sp³-hybridized carbons (Fsp3) is 0.455. The van der Waals surface area contributed by atoms with E-state index in [0.29, 0.717) is 6.54 Å². The summed E-state index contributed by atoms with van der Waals surface area (Å²) in [5.74, 6) is 0. The summed E-state index contributed by atoms with van der Waals surface area (Å²) in [5, 5.41) is 11.4. The van der Waals surface area contributed by atoms with Crippen molar-refractivity contribution in [1.82, 2.24) is 20.3 Å². The second kappa shape index (κ2) is 5.90. The van der Waals surface area contributed by atoms with Crippen LogP contribution in [0.15, 0.2) is 18.3 Å². The van der Waals surface area contributed by atoms with Gasteiger partial charge in [-0.2, -0.15) is 0 Å². The average Bonchev–Trinajstić information content (AvgIpc) is 2.89. The van der Waals surface area contributed by atoms with E-state index in [2.05, 4.69) is 34.7 Å². The number of nitrogens with one attached hydrogen (secondary N) is 1. The molecule has 0 radical (unpaired) electrons. The molecule has 6 heteroatoms. The van der Waals surface area contributed by atoms with E-state index in [1.165, 1.54) is 9.75 Å². The van der Waals surface area contributed by atoms with Crippen molar-refractivity contribution in [2.24, 2.45) is 5.73 Å². The van der Waals surface area contributed by atoms with Crippen molar-refractivity contribution in [2.45, 2.75) is 26.6 Å². The van der Waals surface area contributed by atoms with Crippen molar-refractivity contribution in [1.29, 1.82) is 0 Å². The molecule has 2 aromatic rings. The quantitative estimate of drug-likeness (QED) is 0.800. The van der Waals surface area contributed by atoms with Gasteiger partial charge in [-0.3, -0.25) is 4.68 Å². The molecule has 0 unspecified atom stereocenters. The second-order valence-corrected chi connectivity index (χ2v) is 5.25. The summed E-state index contributed by atoms with van der Waals surface area (Å²) in [6.45, 7) is 5.04. The van der Waals surface area contributed by atoms with Gasteiger partial charge in [0.15, 0.2) is 0 Å². The summed E-state index contributed by atoms with van der Waals surface area (Å²) >= 11 is 1.82. The molecule has 0 atom stereocenters. The van der Waals surface area contributed by atoms with Gasteiger partial charge in [-0.1, -0.05) is 5.21 Å². The molecule has 0 amide bonds. The molecule has 5 nitrogen and oxygen atoms in total. The Morgan fingerprint density at radius 1 is 1.41 bits per heavy atom. The lowest BCUT2D eigenvalue weighted by Gasteiger charge is -1.99. The van der Waals surface area contributed by atoms with E-state index in [1.807, 2.05) is 17.5 Å². The fourth-order valence-corrected chi connectivity index (χ4v) is 2.41. The molecule has 2 heterocycles.